The van der Waals surface area contributed by atoms with E-state index in [1.165, 1.54) is 11.8 Å². The van der Waals surface area contributed by atoms with Gasteiger partial charge in [-0.2, -0.15) is 0 Å². The highest BCUT2D eigenvalue weighted by Gasteiger charge is 2.15. The van der Waals surface area contributed by atoms with Gasteiger partial charge in [0.05, 0.1) is 12.4 Å². The lowest BCUT2D eigenvalue weighted by Gasteiger charge is -2.13. The molecule has 160 valence electrons. The van der Waals surface area contributed by atoms with Crippen LogP contribution in [0.1, 0.15) is 22.8 Å². The SMILES string of the molecule is COc1ccc(C(=O)Nc2ccc(SC(C)C(=O)Nc3ccc(C)c(Cl)c3)cc2)cc1. The Bertz CT molecular complexity index is 1070. The zero-order valence-electron chi connectivity index (χ0n) is 17.4. The largest absolute Gasteiger partial charge is 0.497 e. The van der Waals surface area contributed by atoms with Crippen LogP contribution >= 0.6 is 23.4 Å². The van der Waals surface area contributed by atoms with E-state index in [9.17, 15) is 9.59 Å². The highest BCUT2D eigenvalue weighted by molar-refractivity contribution is 8.00. The molecule has 3 aromatic carbocycles. The molecule has 7 heteroatoms. The van der Waals surface area contributed by atoms with E-state index in [4.69, 9.17) is 16.3 Å². The standard InChI is InChI=1S/C24H23ClN2O3S/c1-15-4-7-19(14-22(15)25)27-23(28)16(2)31-21-12-8-18(9-13-21)26-24(29)17-5-10-20(30-3)11-6-17/h4-14,16H,1-3H3,(H,26,29)(H,27,28). The van der Waals surface area contributed by atoms with Crippen molar-refractivity contribution in [2.24, 2.45) is 0 Å². The summed E-state index contributed by atoms with van der Waals surface area (Å²) in [5.74, 6) is 0.385. The molecular weight excluding hydrogens is 432 g/mol. The molecule has 0 aromatic heterocycles. The first-order chi connectivity index (χ1) is 14.9. The molecular formula is C24H23ClN2O3S. The molecule has 0 bridgehead atoms. The number of nitrogens with one attached hydrogen (secondary N) is 2. The van der Waals surface area contributed by atoms with Gasteiger partial charge in [0.1, 0.15) is 5.75 Å². The maximum absolute atomic E-state index is 12.5. The fourth-order valence-electron chi connectivity index (χ4n) is 2.73. The summed E-state index contributed by atoms with van der Waals surface area (Å²) < 4.78 is 5.10. The van der Waals surface area contributed by atoms with E-state index in [0.29, 0.717) is 27.7 Å². The lowest BCUT2D eigenvalue weighted by atomic mass is 10.2. The first-order valence-electron chi connectivity index (χ1n) is 9.65. The predicted octanol–water partition coefficient (Wildman–Crippen LogP) is 6.03. The maximum atomic E-state index is 12.5. The fourth-order valence-corrected chi connectivity index (χ4v) is 3.78. The molecule has 5 nitrogen and oxygen atoms in total. The van der Waals surface area contributed by atoms with Crippen molar-refractivity contribution >= 4 is 46.6 Å². The second kappa shape index (κ2) is 10.4. The third-order valence-electron chi connectivity index (χ3n) is 4.59. The van der Waals surface area contributed by atoms with E-state index in [1.807, 2.05) is 50.2 Å². The van der Waals surface area contributed by atoms with Gasteiger partial charge in [-0.25, -0.2) is 0 Å². The molecule has 0 radical (unpaired) electrons. The van der Waals surface area contributed by atoms with Crippen LogP contribution in [-0.2, 0) is 4.79 Å². The lowest BCUT2D eigenvalue weighted by molar-refractivity contribution is -0.115. The Morgan fingerprint density at radius 1 is 0.935 bits per heavy atom. The molecule has 3 aromatic rings. The molecule has 2 N–H and O–H groups in total. The topological polar surface area (TPSA) is 67.4 Å². The van der Waals surface area contributed by atoms with Crippen molar-refractivity contribution in [2.75, 3.05) is 17.7 Å². The number of halogens is 1. The van der Waals surface area contributed by atoms with Gasteiger partial charge in [-0.1, -0.05) is 17.7 Å². The van der Waals surface area contributed by atoms with Crippen molar-refractivity contribution in [1.29, 1.82) is 0 Å². The molecule has 1 unspecified atom stereocenters. The predicted molar refractivity (Wildman–Crippen MR) is 128 cm³/mol. The summed E-state index contributed by atoms with van der Waals surface area (Å²) in [7, 11) is 1.58. The number of anilines is 2. The molecule has 0 fully saturated rings. The highest BCUT2D eigenvalue weighted by Crippen LogP contribution is 2.27. The fraction of sp³-hybridized carbons (Fsp3) is 0.167. The van der Waals surface area contributed by atoms with Gasteiger partial charge in [0.15, 0.2) is 0 Å². The molecule has 3 rings (SSSR count). The first-order valence-corrected chi connectivity index (χ1v) is 10.9. The average molecular weight is 455 g/mol. The van der Waals surface area contributed by atoms with Crippen molar-refractivity contribution in [3.8, 4) is 5.75 Å². The van der Waals surface area contributed by atoms with Crippen LogP contribution in [0.25, 0.3) is 0 Å². The van der Waals surface area contributed by atoms with Gasteiger partial charge in [-0.3, -0.25) is 9.59 Å². The van der Waals surface area contributed by atoms with Crippen molar-refractivity contribution in [3.05, 3.63) is 82.9 Å². The van der Waals surface area contributed by atoms with Gasteiger partial charge in [-0.05, 0) is 80.1 Å². The second-order valence-corrected chi connectivity index (χ2v) is 8.74. The van der Waals surface area contributed by atoms with Crippen LogP contribution in [0.15, 0.2) is 71.6 Å². The summed E-state index contributed by atoms with van der Waals surface area (Å²) >= 11 is 7.55. The number of methoxy groups -OCH3 is 1. The molecule has 31 heavy (non-hydrogen) atoms. The lowest BCUT2D eigenvalue weighted by Crippen LogP contribution is -2.22. The number of carbonyl (C=O) groups excluding carboxylic acids is 2. The van der Waals surface area contributed by atoms with E-state index in [-0.39, 0.29) is 17.1 Å². The van der Waals surface area contributed by atoms with Crippen LogP contribution < -0.4 is 15.4 Å². The van der Waals surface area contributed by atoms with Crippen molar-refractivity contribution in [3.63, 3.8) is 0 Å². The number of rotatable bonds is 7. The molecule has 0 aliphatic heterocycles. The summed E-state index contributed by atoms with van der Waals surface area (Å²) in [6, 6.07) is 19.7. The molecule has 0 saturated heterocycles. The monoisotopic (exact) mass is 454 g/mol. The summed E-state index contributed by atoms with van der Waals surface area (Å²) in [5, 5.41) is 6.05. The molecule has 0 spiro atoms. The summed E-state index contributed by atoms with van der Waals surface area (Å²) in [6.07, 6.45) is 0. The normalized spacial score (nSPS) is 11.5. The van der Waals surface area contributed by atoms with Gasteiger partial charge in [0.2, 0.25) is 5.91 Å². The Morgan fingerprint density at radius 2 is 1.58 bits per heavy atom. The summed E-state index contributed by atoms with van der Waals surface area (Å²) in [6.45, 7) is 3.75. The quantitative estimate of drug-likeness (QED) is 0.428. The van der Waals surface area contributed by atoms with Gasteiger partial charge >= 0.3 is 0 Å². The van der Waals surface area contributed by atoms with Crippen molar-refractivity contribution in [2.45, 2.75) is 24.0 Å². The number of hydrogen-bond acceptors (Lipinski definition) is 4. The Morgan fingerprint density at radius 3 is 2.19 bits per heavy atom. The van der Waals surface area contributed by atoms with Gasteiger partial charge < -0.3 is 15.4 Å². The molecule has 0 aliphatic carbocycles. The van der Waals surface area contributed by atoms with Gasteiger partial charge in [0.25, 0.3) is 5.91 Å². The Hall–Kier alpha value is -2.96. The molecule has 0 aliphatic rings. The van der Waals surface area contributed by atoms with Crippen LogP contribution in [0.3, 0.4) is 0 Å². The second-order valence-electron chi connectivity index (χ2n) is 6.92. The number of benzene rings is 3. The molecule has 0 heterocycles. The van der Waals surface area contributed by atoms with Crippen LogP contribution in [-0.4, -0.2) is 24.2 Å². The third kappa shape index (κ3) is 6.26. The molecule has 2 amide bonds. The highest BCUT2D eigenvalue weighted by atomic mass is 35.5. The number of amides is 2. The number of thioether (sulfide) groups is 1. The first kappa shape index (κ1) is 22.7. The van der Waals surface area contributed by atoms with Crippen LogP contribution in [0.5, 0.6) is 5.75 Å². The number of aryl methyl sites for hydroxylation is 1. The van der Waals surface area contributed by atoms with Gasteiger partial charge in [0, 0.05) is 26.9 Å². The minimum Gasteiger partial charge on any atom is -0.497 e. The Kier molecular flexibility index (Phi) is 7.60. The zero-order chi connectivity index (χ0) is 22.4. The number of carbonyl (C=O) groups is 2. The molecule has 1 atom stereocenters. The minimum absolute atomic E-state index is 0.109. The summed E-state index contributed by atoms with van der Waals surface area (Å²) in [5.41, 5.74) is 2.85. The van der Waals surface area contributed by atoms with Crippen molar-refractivity contribution < 1.29 is 14.3 Å². The maximum Gasteiger partial charge on any atom is 0.255 e. The Balaban J connectivity index is 1.55. The zero-order valence-corrected chi connectivity index (χ0v) is 19.0. The average Bonchev–Trinajstić information content (AvgIpc) is 2.77. The van der Waals surface area contributed by atoms with Crippen LogP contribution in [0, 0.1) is 6.92 Å². The van der Waals surface area contributed by atoms with E-state index >= 15 is 0 Å². The smallest absolute Gasteiger partial charge is 0.255 e. The minimum atomic E-state index is -0.306. The number of hydrogen-bond donors (Lipinski definition) is 2. The van der Waals surface area contributed by atoms with Crippen LogP contribution in [0.2, 0.25) is 5.02 Å². The number of ether oxygens (including phenoxy) is 1. The van der Waals surface area contributed by atoms with Crippen LogP contribution in [0.4, 0.5) is 11.4 Å². The Labute approximate surface area is 191 Å². The molecule has 0 saturated carbocycles. The summed E-state index contributed by atoms with van der Waals surface area (Å²) in [4.78, 5) is 25.8. The van der Waals surface area contributed by atoms with Gasteiger partial charge in [-0.15, -0.1) is 11.8 Å². The van der Waals surface area contributed by atoms with Crippen molar-refractivity contribution in [1.82, 2.24) is 0 Å². The van der Waals surface area contributed by atoms with E-state index < -0.39 is 0 Å². The van der Waals surface area contributed by atoms with E-state index in [1.54, 1.807) is 37.4 Å². The van der Waals surface area contributed by atoms with E-state index in [0.717, 1.165) is 10.5 Å². The van der Waals surface area contributed by atoms with E-state index in [2.05, 4.69) is 10.6 Å². The third-order valence-corrected chi connectivity index (χ3v) is 6.11.